The van der Waals surface area contributed by atoms with Crippen molar-refractivity contribution in [1.29, 1.82) is 0 Å². The van der Waals surface area contributed by atoms with Gasteiger partial charge in [-0.15, -0.1) is 0 Å². The maximum Gasteiger partial charge on any atom is 0.258 e. The highest BCUT2D eigenvalue weighted by Gasteiger charge is 2.30. The van der Waals surface area contributed by atoms with Crippen LogP contribution in [0.2, 0.25) is 0 Å². The van der Waals surface area contributed by atoms with Gasteiger partial charge in [-0.25, -0.2) is 4.98 Å². The minimum Gasteiger partial charge on any atom is -0.298 e. The molecule has 3 rings (SSSR count). The van der Waals surface area contributed by atoms with Gasteiger partial charge in [0.05, 0.1) is 5.69 Å². The van der Waals surface area contributed by atoms with Crippen LogP contribution in [0.5, 0.6) is 0 Å². The molecular weight excluding hydrogens is 238 g/mol. The van der Waals surface area contributed by atoms with E-state index in [2.05, 4.69) is 23.9 Å². The highest BCUT2D eigenvalue weighted by atomic mass is 16.1. The van der Waals surface area contributed by atoms with E-state index in [1.54, 1.807) is 16.7 Å². The Bertz CT molecular complexity index is 645. The van der Waals surface area contributed by atoms with Gasteiger partial charge in [-0.1, -0.05) is 6.07 Å². The molecule has 0 aromatic carbocycles. The predicted molar refractivity (Wildman–Crippen MR) is 75.1 cm³/mol. The van der Waals surface area contributed by atoms with Gasteiger partial charge in [0, 0.05) is 24.8 Å². The van der Waals surface area contributed by atoms with Crippen LogP contribution in [0.15, 0.2) is 35.3 Å². The third kappa shape index (κ3) is 2.54. The summed E-state index contributed by atoms with van der Waals surface area (Å²) in [5.74, 6) is 0.826. The largest absolute Gasteiger partial charge is 0.298 e. The van der Waals surface area contributed by atoms with E-state index < -0.39 is 0 Å². The molecule has 0 spiro atoms. The van der Waals surface area contributed by atoms with Crippen molar-refractivity contribution in [3.63, 3.8) is 0 Å². The summed E-state index contributed by atoms with van der Waals surface area (Å²) in [6.07, 6.45) is 4.42. The average Bonchev–Trinajstić information content (AvgIpc) is 3.22. The van der Waals surface area contributed by atoms with Gasteiger partial charge in [-0.2, -0.15) is 0 Å². The molecule has 1 fully saturated rings. The Kier molecular flexibility index (Phi) is 3.11. The van der Waals surface area contributed by atoms with E-state index in [1.165, 1.54) is 12.8 Å². The second-order valence-corrected chi connectivity index (χ2v) is 5.51. The van der Waals surface area contributed by atoms with Crippen LogP contribution in [-0.4, -0.2) is 27.4 Å². The second-order valence-electron chi connectivity index (χ2n) is 5.51. The fourth-order valence-corrected chi connectivity index (χ4v) is 2.52. The summed E-state index contributed by atoms with van der Waals surface area (Å²) < 4.78 is 1.58. The monoisotopic (exact) mass is 257 g/mol. The van der Waals surface area contributed by atoms with Crippen LogP contribution >= 0.6 is 0 Å². The van der Waals surface area contributed by atoms with Crippen molar-refractivity contribution in [2.24, 2.45) is 5.92 Å². The number of hydrogen-bond acceptors (Lipinski definition) is 3. The van der Waals surface area contributed by atoms with Gasteiger partial charge in [-0.05, 0) is 44.9 Å². The minimum absolute atomic E-state index is 0.00641. The number of pyridine rings is 1. The minimum atomic E-state index is -0.00641. The lowest BCUT2D eigenvalue weighted by molar-refractivity contribution is 0.224. The third-order valence-electron chi connectivity index (χ3n) is 4.03. The number of fused-ring (bicyclic) bond motifs is 1. The molecule has 100 valence electrons. The normalized spacial score (nSPS) is 17.0. The Labute approximate surface area is 112 Å². The van der Waals surface area contributed by atoms with Gasteiger partial charge in [-0.3, -0.25) is 14.1 Å². The summed E-state index contributed by atoms with van der Waals surface area (Å²) in [5, 5.41) is 0. The fourth-order valence-electron chi connectivity index (χ4n) is 2.52. The molecule has 0 saturated heterocycles. The summed E-state index contributed by atoms with van der Waals surface area (Å²) >= 11 is 0. The lowest BCUT2D eigenvalue weighted by Gasteiger charge is -2.24. The lowest BCUT2D eigenvalue weighted by Crippen LogP contribution is -2.31. The number of hydrogen-bond donors (Lipinski definition) is 0. The van der Waals surface area contributed by atoms with Gasteiger partial charge in [0.1, 0.15) is 5.65 Å². The van der Waals surface area contributed by atoms with Crippen molar-refractivity contribution in [3.05, 3.63) is 46.5 Å². The summed E-state index contributed by atoms with van der Waals surface area (Å²) in [4.78, 5) is 18.9. The van der Waals surface area contributed by atoms with Crippen molar-refractivity contribution in [2.75, 3.05) is 7.05 Å². The molecular formula is C15H19N3O. The Morgan fingerprint density at radius 2 is 2.26 bits per heavy atom. The predicted octanol–water partition coefficient (Wildman–Crippen LogP) is 1.92. The van der Waals surface area contributed by atoms with E-state index in [-0.39, 0.29) is 5.56 Å². The van der Waals surface area contributed by atoms with Crippen LogP contribution in [0.4, 0.5) is 0 Å². The Morgan fingerprint density at radius 1 is 1.47 bits per heavy atom. The van der Waals surface area contributed by atoms with Gasteiger partial charge < -0.3 is 0 Å². The molecule has 1 saturated carbocycles. The zero-order chi connectivity index (χ0) is 13.4. The zero-order valence-electron chi connectivity index (χ0n) is 11.4. The first-order valence-corrected chi connectivity index (χ1v) is 6.83. The van der Waals surface area contributed by atoms with Gasteiger partial charge in [0.25, 0.3) is 5.56 Å². The maximum atomic E-state index is 12.0. The molecule has 1 atom stereocenters. The molecule has 1 aliphatic rings. The summed E-state index contributed by atoms with van der Waals surface area (Å²) in [7, 11) is 2.11. The van der Waals surface area contributed by atoms with Gasteiger partial charge in [0.15, 0.2) is 0 Å². The summed E-state index contributed by atoms with van der Waals surface area (Å²) in [6.45, 7) is 2.99. The number of aromatic nitrogens is 2. The van der Waals surface area contributed by atoms with E-state index in [0.717, 1.165) is 23.8 Å². The van der Waals surface area contributed by atoms with E-state index in [1.807, 2.05) is 18.2 Å². The molecule has 0 bridgehead atoms. The SMILES string of the molecule is C[C@H](C1CC1)N(C)Cc1cc(=O)n2ccccc2n1. The highest BCUT2D eigenvalue weighted by molar-refractivity contribution is 5.37. The maximum absolute atomic E-state index is 12.0. The second kappa shape index (κ2) is 4.78. The van der Waals surface area contributed by atoms with Crippen molar-refractivity contribution in [3.8, 4) is 0 Å². The number of rotatable bonds is 4. The molecule has 4 heteroatoms. The number of nitrogens with zero attached hydrogens (tertiary/aromatic N) is 3. The van der Waals surface area contributed by atoms with Crippen LogP contribution in [0.3, 0.4) is 0 Å². The van der Waals surface area contributed by atoms with E-state index in [9.17, 15) is 4.79 Å². The Balaban J connectivity index is 1.86. The molecule has 19 heavy (non-hydrogen) atoms. The molecule has 2 aromatic rings. The summed E-state index contributed by atoms with van der Waals surface area (Å²) in [6, 6.07) is 7.83. The molecule has 0 amide bonds. The van der Waals surface area contributed by atoms with E-state index in [0.29, 0.717) is 6.04 Å². The molecule has 0 aliphatic heterocycles. The Hall–Kier alpha value is -1.68. The molecule has 2 aromatic heterocycles. The summed E-state index contributed by atoms with van der Waals surface area (Å²) in [5.41, 5.74) is 1.57. The molecule has 0 radical (unpaired) electrons. The van der Waals surface area contributed by atoms with E-state index in [4.69, 9.17) is 0 Å². The van der Waals surface area contributed by atoms with E-state index >= 15 is 0 Å². The Morgan fingerprint density at radius 3 is 3.00 bits per heavy atom. The molecule has 4 nitrogen and oxygen atoms in total. The van der Waals surface area contributed by atoms with Gasteiger partial charge in [0.2, 0.25) is 0 Å². The first-order valence-electron chi connectivity index (χ1n) is 6.83. The van der Waals surface area contributed by atoms with Crippen LogP contribution in [0.25, 0.3) is 5.65 Å². The van der Waals surface area contributed by atoms with Crippen molar-refractivity contribution in [1.82, 2.24) is 14.3 Å². The van der Waals surface area contributed by atoms with Crippen LogP contribution in [-0.2, 0) is 6.54 Å². The van der Waals surface area contributed by atoms with Crippen molar-refractivity contribution < 1.29 is 0 Å². The molecule has 1 aliphatic carbocycles. The first-order chi connectivity index (χ1) is 9.15. The smallest absolute Gasteiger partial charge is 0.258 e. The first kappa shape index (κ1) is 12.4. The zero-order valence-corrected chi connectivity index (χ0v) is 11.4. The van der Waals surface area contributed by atoms with Gasteiger partial charge >= 0.3 is 0 Å². The standard InChI is InChI=1S/C15H19N3O/c1-11(12-6-7-12)17(2)10-13-9-15(19)18-8-4-3-5-14(18)16-13/h3-5,8-9,11-12H,6-7,10H2,1-2H3/t11-/m1/s1. The van der Waals surface area contributed by atoms with Crippen LogP contribution < -0.4 is 5.56 Å². The quantitative estimate of drug-likeness (QED) is 0.840. The molecule has 2 heterocycles. The fraction of sp³-hybridized carbons (Fsp3) is 0.467. The van der Waals surface area contributed by atoms with Crippen LogP contribution in [0.1, 0.15) is 25.5 Å². The molecule has 0 N–H and O–H groups in total. The third-order valence-corrected chi connectivity index (χ3v) is 4.03. The highest BCUT2D eigenvalue weighted by Crippen LogP contribution is 2.34. The topological polar surface area (TPSA) is 37.6 Å². The van der Waals surface area contributed by atoms with Crippen LogP contribution in [0, 0.1) is 5.92 Å². The van der Waals surface area contributed by atoms with Crippen molar-refractivity contribution >= 4 is 5.65 Å². The lowest BCUT2D eigenvalue weighted by atomic mass is 10.2. The molecule has 0 unspecified atom stereocenters. The van der Waals surface area contributed by atoms with Crippen molar-refractivity contribution in [2.45, 2.75) is 32.4 Å². The average molecular weight is 257 g/mol.